The number of hydrogen-bond acceptors (Lipinski definition) is 9. The van der Waals surface area contributed by atoms with Gasteiger partial charge in [0.15, 0.2) is 0 Å². The molecule has 0 spiro atoms. The number of anilines is 1. The van der Waals surface area contributed by atoms with Gasteiger partial charge in [0.2, 0.25) is 16.0 Å². The Bertz CT molecular complexity index is 1430. The number of aromatic nitrogens is 3. The average molecular weight is 551 g/mol. The normalized spacial score (nSPS) is 27.4. The van der Waals surface area contributed by atoms with Crippen molar-refractivity contribution in [3.05, 3.63) is 28.2 Å². The van der Waals surface area contributed by atoms with E-state index < -0.39 is 31.9 Å². The fourth-order valence-corrected chi connectivity index (χ4v) is 7.73. The maximum atomic E-state index is 13.5. The molecule has 2 unspecified atom stereocenters. The molecular weight excluding hydrogens is 516 g/mol. The van der Waals surface area contributed by atoms with Crippen molar-refractivity contribution in [1.82, 2.24) is 18.8 Å². The molecule has 2 fully saturated rings. The SMILES string of the molecule is CC1(C)CN(C2CCN(S(C)(=O)=O)CC2)c2ncc3cc(C#N)c(=O)n(c3n2)C2COCC2OS1(C)C. The van der Waals surface area contributed by atoms with Crippen molar-refractivity contribution in [3.8, 4) is 6.07 Å². The molecule has 0 aliphatic carbocycles. The lowest BCUT2D eigenvalue weighted by molar-refractivity contribution is 0.148. The fourth-order valence-electron chi connectivity index (χ4n) is 5.35. The van der Waals surface area contributed by atoms with Gasteiger partial charge in [0.25, 0.3) is 5.56 Å². The van der Waals surface area contributed by atoms with E-state index >= 15 is 0 Å². The summed E-state index contributed by atoms with van der Waals surface area (Å²) in [5.41, 5.74) is 0.0635. The number of pyridine rings is 1. The fraction of sp³-hybridized carbons (Fsp3) is 0.667. The van der Waals surface area contributed by atoms with Crippen molar-refractivity contribution >= 4 is 37.3 Å². The minimum Gasteiger partial charge on any atom is -0.376 e. The second-order valence-corrected chi connectivity index (χ2v) is 16.8. The summed E-state index contributed by atoms with van der Waals surface area (Å²) in [6.45, 7) is 6.45. The van der Waals surface area contributed by atoms with E-state index in [1.807, 2.05) is 6.07 Å². The topological polar surface area (TPSA) is 131 Å². The minimum atomic E-state index is -3.26. The van der Waals surface area contributed by atoms with Crippen molar-refractivity contribution in [2.24, 2.45) is 0 Å². The summed E-state index contributed by atoms with van der Waals surface area (Å²) >= 11 is 0. The Morgan fingerprint density at radius 1 is 1.22 bits per heavy atom. The highest BCUT2D eigenvalue weighted by atomic mass is 32.3. The van der Waals surface area contributed by atoms with Gasteiger partial charge in [-0.25, -0.2) is 17.7 Å². The third kappa shape index (κ3) is 4.63. The zero-order valence-corrected chi connectivity index (χ0v) is 23.5. The molecule has 202 valence electrons. The number of piperidine rings is 1. The van der Waals surface area contributed by atoms with Crippen LogP contribution in [0.3, 0.4) is 0 Å². The number of nitriles is 1. The first kappa shape index (κ1) is 26.4. The Labute approximate surface area is 218 Å². The van der Waals surface area contributed by atoms with Gasteiger partial charge in [0, 0.05) is 42.0 Å². The Kier molecular flexibility index (Phi) is 6.56. The van der Waals surface area contributed by atoms with Crippen LogP contribution in [0, 0.1) is 11.3 Å². The quantitative estimate of drug-likeness (QED) is 0.547. The standard InChI is InChI=1S/C24H34N6O5S2/c1-24(2)15-29(18-6-8-28(9-7-18)37(5,32)33)23-26-12-17-10-16(11-25)22(31)30(21(17)27-23)19-13-34-14-20(19)35-36(24,3)4/h10,12,18-20H,6-9,13-15H2,1-5H3. The van der Waals surface area contributed by atoms with Crippen LogP contribution in [0.25, 0.3) is 11.0 Å². The lowest BCUT2D eigenvalue weighted by Crippen LogP contribution is -2.52. The summed E-state index contributed by atoms with van der Waals surface area (Å²) in [4.78, 5) is 25.3. The van der Waals surface area contributed by atoms with Crippen LogP contribution >= 0.6 is 10.3 Å². The Morgan fingerprint density at radius 2 is 1.92 bits per heavy atom. The van der Waals surface area contributed by atoms with Gasteiger partial charge in [0.1, 0.15) is 23.4 Å². The van der Waals surface area contributed by atoms with Gasteiger partial charge in [-0.1, -0.05) is 0 Å². The number of nitrogens with zero attached hydrogens (tertiary/aromatic N) is 6. The van der Waals surface area contributed by atoms with Gasteiger partial charge in [-0.2, -0.15) is 10.2 Å². The molecule has 2 aromatic rings. The van der Waals surface area contributed by atoms with Crippen molar-refractivity contribution in [1.29, 1.82) is 5.26 Å². The highest BCUT2D eigenvalue weighted by molar-refractivity contribution is 8.29. The van der Waals surface area contributed by atoms with Crippen LogP contribution in [-0.4, -0.2) is 95.8 Å². The van der Waals surface area contributed by atoms with Gasteiger partial charge in [-0.05, 0) is 45.3 Å². The first-order chi connectivity index (χ1) is 17.3. The smallest absolute Gasteiger partial charge is 0.270 e. The van der Waals surface area contributed by atoms with E-state index in [1.165, 1.54) is 16.6 Å². The van der Waals surface area contributed by atoms with Gasteiger partial charge in [-0.3, -0.25) is 9.36 Å². The summed E-state index contributed by atoms with van der Waals surface area (Å²) in [5.74, 6) is 0.490. The van der Waals surface area contributed by atoms with Gasteiger partial charge in [-0.15, -0.1) is 10.3 Å². The largest absolute Gasteiger partial charge is 0.376 e. The predicted molar refractivity (Wildman–Crippen MR) is 144 cm³/mol. The number of rotatable bonds is 2. The first-order valence-corrected chi connectivity index (χ1v) is 16.6. The second kappa shape index (κ2) is 9.20. The molecule has 2 bridgehead atoms. The van der Waals surface area contributed by atoms with E-state index in [4.69, 9.17) is 18.9 Å². The van der Waals surface area contributed by atoms with Gasteiger partial charge >= 0.3 is 0 Å². The van der Waals surface area contributed by atoms with Crippen LogP contribution < -0.4 is 10.5 Å². The molecule has 0 N–H and O–H groups in total. The third-order valence-electron chi connectivity index (χ3n) is 8.05. The molecule has 2 saturated heterocycles. The Hall–Kier alpha value is -2.24. The summed E-state index contributed by atoms with van der Waals surface area (Å²) in [6.07, 6.45) is 8.09. The van der Waals surface area contributed by atoms with Crippen molar-refractivity contribution in [2.45, 2.75) is 49.6 Å². The first-order valence-electron chi connectivity index (χ1n) is 12.4. The molecule has 0 saturated carbocycles. The summed E-state index contributed by atoms with van der Waals surface area (Å²) in [5, 5.41) is 10.2. The summed E-state index contributed by atoms with van der Waals surface area (Å²) < 4.78 is 39.6. The van der Waals surface area contributed by atoms with E-state index in [0.717, 1.165) is 0 Å². The van der Waals surface area contributed by atoms with E-state index in [9.17, 15) is 18.5 Å². The van der Waals surface area contributed by atoms with Crippen LogP contribution in [0.1, 0.15) is 38.3 Å². The van der Waals surface area contributed by atoms with Crippen molar-refractivity contribution in [2.75, 3.05) is 56.5 Å². The molecule has 3 aliphatic rings. The van der Waals surface area contributed by atoms with Crippen LogP contribution in [0.15, 0.2) is 17.1 Å². The number of hydrogen-bond donors (Lipinski definition) is 0. The molecule has 5 heterocycles. The molecule has 0 aromatic carbocycles. The Balaban J connectivity index is 1.68. The molecular formula is C24H34N6O5S2. The average Bonchev–Trinajstić information content (AvgIpc) is 3.27. The second-order valence-electron chi connectivity index (χ2n) is 11.0. The zero-order valence-electron chi connectivity index (χ0n) is 21.9. The van der Waals surface area contributed by atoms with E-state index in [0.29, 0.717) is 56.1 Å². The van der Waals surface area contributed by atoms with Gasteiger partial charge in [0.05, 0.1) is 25.5 Å². The maximum absolute atomic E-state index is 13.5. The zero-order chi connectivity index (χ0) is 26.8. The molecule has 2 aromatic heterocycles. The Morgan fingerprint density at radius 3 is 2.57 bits per heavy atom. The van der Waals surface area contributed by atoms with E-state index in [2.05, 4.69) is 31.3 Å². The molecule has 5 rings (SSSR count). The molecule has 0 radical (unpaired) electrons. The van der Waals surface area contributed by atoms with Crippen LogP contribution in [0.4, 0.5) is 5.95 Å². The number of ether oxygens (including phenoxy) is 1. The molecule has 11 nitrogen and oxygen atoms in total. The highest BCUT2D eigenvalue weighted by Crippen LogP contribution is 2.57. The molecule has 2 atom stereocenters. The van der Waals surface area contributed by atoms with Crippen LogP contribution in [-0.2, 0) is 18.9 Å². The lowest BCUT2D eigenvalue weighted by atomic mass is 10.0. The minimum absolute atomic E-state index is 0.0204. The van der Waals surface area contributed by atoms with Crippen molar-refractivity contribution < 1.29 is 17.3 Å². The van der Waals surface area contributed by atoms with Crippen LogP contribution in [0.5, 0.6) is 0 Å². The number of fused-ring (bicyclic) bond motifs is 3. The van der Waals surface area contributed by atoms with Gasteiger partial charge < -0.3 is 13.8 Å². The molecule has 13 heteroatoms. The monoisotopic (exact) mass is 550 g/mol. The molecule has 0 amide bonds. The molecule has 3 aliphatic heterocycles. The van der Waals surface area contributed by atoms with E-state index in [-0.39, 0.29) is 29.1 Å². The number of sulfonamides is 1. The highest BCUT2D eigenvalue weighted by Gasteiger charge is 2.44. The lowest BCUT2D eigenvalue weighted by Gasteiger charge is -2.51. The van der Waals surface area contributed by atoms with E-state index in [1.54, 1.807) is 10.8 Å². The maximum Gasteiger partial charge on any atom is 0.270 e. The third-order valence-corrected chi connectivity index (χ3v) is 12.9. The summed E-state index contributed by atoms with van der Waals surface area (Å²) in [7, 11) is -4.95. The van der Waals surface area contributed by atoms with Crippen LogP contribution in [0.2, 0.25) is 0 Å². The van der Waals surface area contributed by atoms with Crippen molar-refractivity contribution in [3.63, 3.8) is 0 Å². The summed E-state index contributed by atoms with van der Waals surface area (Å²) in [6, 6.07) is 3.16. The molecule has 37 heavy (non-hydrogen) atoms. The predicted octanol–water partition coefficient (Wildman–Crippen LogP) is 1.62.